The summed E-state index contributed by atoms with van der Waals surface area (Å²) in [6, 6.07) is 9.91. The zero-order valence-corrected chi connectivity index (χ0v) is 14.0. The molecule has 130 valence electrons. The van der Waals surface area contributed by atoms with Crippen LogP contribution in [0.2, 0.25) is 0 Å². The first-order valence-corrected chi connectivity index (χ1v) is 8.73. The first-order valence-electron chi connectivity index (χ1n) is 8.73. The third kappa shape index (κ3) is 2.87. The summed E-state index contributed by atoms with van der Waals surface area (Å²) in [5.41, 5.74) is 1.65. The molecule has 0 unspecified atom stereocenters. The van der Waals surface area contributed by atoms with Crippen LogP contribution in [0.1, 0.15) is 30.5 Å². The Morgan fingerprint density at radius 3 is 2.48 bits per heavy atom. The number of carboxylic acid groups (broad SMARTS) is 1. The van der Waals surface area contributed by atoms with Crippen LogP contribution in [0.15, 0.2) is 30.3 Å². The summed E-state index contributed by atoms with van der Waals surface area (Å²) < 4.78 is 0. The van der Waals surface area contributed by atoms with E-state index in [-0.39, 0.29) is 12.8 Å². The summed E-state index contributed by atoms with van der Waals surface area (Å²) in [6.45, 7) is 0.973. The van der Waals surface area contributed by atoms with Crippen molar-refractivity contribution in [2.24, 2.45) is 0 Å². The van der Waals surface area contributed by atoms with Crippen LogP contribution in [0.4, 0.5) is 5.82 Å². The quantitative estimate of drug-likeness (QED) is 0.890. The third-order valence-corrected chi connectivity index (χ3v) is 5.23. The highest BCUT2D eigenvalue weighted by Gasteiger charge is 2.40. The summed E-state index contributed by atoms with van der Waals surface area (Å²) in [7, 11) is 0. The molecule has 1 saturated heterocycles. The van der Waals surface area contributed by atoms with Gasteiger partial charge in [0.2, 0.25) is 0 Å². The van der Waals surface area contributed by atoms with E-state index in [1.54, 1.807) is 0 Å². The van der Waals surface area contributed by atoms with E-state index in [0.29, 0.717) is 13.1 Å². The lowest BCUT2D eigenvalue weighted by atomic mass is 9.91. The summed E-state index contributed by atoms with van der Waals surface area (Å²) in [5, 5.41) is 19.4. The monoisotopic (exact) mass is 339 g/mol. The largest absolute Gasteiger partial charge is 0.479 e. The molecule has 0 spiro atoms. The number of rotatable bonds is 3. The minimum Gasteiger partial charge on any atom is -0.479 e. The molecule has 1 aliphatic carbocycles. The van der Waals surface area contributed by atoms with Gasteiger partial charge in [-0.05, 0) is 19.3 Å². The molecule has 2 N–H and O–H groups in total. The number of carboxylic acids is 1. The van der Waals surface area contributed by atoms with E-state index >= 15 is 0 Å². The number of anilines is 1. The molecule has 2 heterocycles. The molecule has 2 aromatic rings. The van der Waals surface area contributed by atoms with Gasteiger partial charge >= 0.3 is 5.97 Å². The SMILES string of the molecule is O=C(O)C1(O)CCN(c2nc(-c3ccccc3)nc3c2CCC3)CC1. The van der Waals surface area contributed by atoms with Crippen LogP contribution < -0.4 is 4.90 Å². The summed E-state index contributed by atoms with van der Waals surface area (Å²) in [4.78, 5) is 22.9. The van der Waals surface area contributed by atoms with Crippen molar-refractivity contribution in [1.82, 2.24) is 9.97 Å². The van der Waals surface area contributed by atoms with Crippen LogP contribution in [0.3, 0.4) is 0 Å². The average Bonchev–Trinajstić information content (AvgIpc) is 3.11. The second-order valence-corrected chi connectivity index (χ2v) is 6.84. The Hall–Kier alpha value is -2.47. The molecule has 1 aromatic heterocycles. The van der Waals surface area contributed by atoms with Crippen LogP contribution in [0.5, 0.6) is 0 Å². The molecule has 1 aromatic carbocycles. The van der Waals surface area contributed by atoms with Gasteiger partial charge in [0.1, 0.15) is 5.82 Å². The lowest BCUT2D eigenvalue weighted by Crippen LogP contribution is -2.49. The first kappa shape index (κ1) is 16.0. The third-order valence-electron chi connectivity index (χ3n) is 5.23. The zero-order chi connectivity index (χ0) is 17.4. The maximum atomic E-state index is 11.3. The van der Waals surface area contributed by atoms with Gasteiger partial charge in [-0.25, -0.2) is 14.8 Å². The number of nitrogens with zero attached hydrogens (tertiary/aromatic N) is 3. The molecule has 0 radical (unpaired) electrons. The smallest absolute Gasteiger partial charge is 0.335 e. The van der Waals surface area contributed by atoms with Crippen molar-refractivity contribution < 1.29 is 15.0 Å². The number of fused-ring (bicyclic) bond motifs is 1. The number of hydrogen-bond donors (Lipinski definition) is 2. The minimum atomic E-state index is -1.62. The number of aliphatic carboxylic acids is 1. The molecular weight excluding hydrogens is 318 g/mol. The van der Waals surface area contributed by atoms with E-state index in [0.717, 1.165) is 42.2 Å². The lowest BCUT2D eigenvalue weighted by Gasteiger charge is -2.36. The topological polar surface area (TPSA) is 86.5 Å². The van der Waals surface area contributed by atoms with Crippen LogP contribution in [0.25, 0.3) is 11.4 Å². The van der Waals surface area contributed by atoms with Crippen LogP contribution in [-0.2, 0) is 17.6 Å². The summed E-state index contributed by atoms with van der Waals surface area (Å²) in [5.74, 6) is 0.495. The van der Waals surface area contributed by atoms with Crippen molar-refractivity contribution in [3.63, 3.8) is 0 Å². The maximum Gasteiger partial charge on any atom is 0.335 e. The number of aryl methyl sites for hydroxylation is 1. The highest BCUT2D eigenvalue weighted by atomic mass is 16.4. The van der Waals surface area contributed by atoms with Gasteiger partial charge in [-0.1, -0.05) is 30.3 Å². The molecule has 0 bridgehead atoms. The zero-order valence-electron chi connectivity index (χ0n) is 14.0. The molecule has 4 rings (SSSR count). The van der Waals surface area contributed by atoms with E-state index in [9.17, 15) is 15.0 Å². The van der Waals surface area contributed by atoms with Crippen molar-refractivity contribution in [1.29, 1.82) is 0 Å². The predicted octanol–water partition coefficient (Wildman–Crippen LogP) is 2.05. The molecule has 6 nitrogen and oxygen atoms in total. The van der Waals surface area contributed by atoms with E-state index in [4.69, 9.17) is 9.97 Å². The predicted molar refractivity (Wildman–Crippen MR) is 93.5 cm³/mol. The van der Waals surface area contributed by atoms with Crippen LogP contribution in [0, 0.1) is 0 Å². The number of aromatic nitrogens is 2. The summed E-state index contributed by atoms with van der Waals surface area (Å²) in [6.07, 6.45) is 3.41. The Labute approximate surface area is 146 Å². The summed E-state index contributed by atoms with van der Waals surface area (Å²) >= 11 is 0. The van der Waals surface area contributed by atoms with E-state index in [2.05, 4.69) is 4.90 Å². The Morgan fingerprint density at radius 1 is 1.08 bits per heavy atom. The first-order chi connectivity index (χ1) is 12.1. The van der Waals surface area contributed by atoms with Crippen molar-refractivity contribution in [2.75, 3.05) is 18.0 Å². The van der Waals surface area contributed by atoms with Crippen molar-refractivity contribution in [3.05, 3.63) is 41.6 Å². The molecule has 1 fully saturated rings. The number of aliphatic hydroxyl groups is 1. The molecule has 2 aliphatic rings. The van der Waals surface area contributed by atoms with Gasteiger partial charge in [0.05, 0.1) is 0 Å². The molecular formula is C19H21N3O3. The Balaban J connectivity index is 1.68. The molecule has 0 saturated carbocycles. The van der Waals surface area contributed by atoms with E-state index in [1.807, 2.05) is 30.3 Å². The lowest BCUT2D eigenvalue weighted by molar-refractivity contribution is -0.160. The fourth-order valence-electron chi connectivity index (χ4n) is 3.69. The number of carbonyl (C=O) groups is 1. The number of hydrogen-bond acceptors (Lipinski definition) is 5. The molecule has 0 atom stereocenters. The molecule has 6 heteroatoms. The Bertz CT molecular complexity index is 799. The number of piperidine rings is 1. The van der Waals surface area contributed by atoms with Gasteiger partial charge in [-0.3, -0.25) is 0 Å². The fraction of sp³-hybridized carbons (Fsp3) is 0.421. The fourth-order valence-corrected chi connectivity index (χ4v) is 3.69. The van der Waals surface area contributed by atoms with Gasteiger partial charge < -0.3 is 15.1 Å². The standard InChI is InChI=1S/C19H21N3O3/c23-18(24)19(25)9-11-22(12-10-19)17-14-7-4-8-15(14)20-16(21-17)13-5-2-1-3-6-13/h1-3,5-6,25H,4,7-12H2,(H,23,24). The highest BCUT2D eigenvalue weighted by Crippen LogP contribution is 2.34. The molecule has 1 aliphatic heterocycles. The second-order valence-electron chi connectivity index (χ2n) is 6.84. The van der Waals surface area contributed by atoms with Crippen LogP contribution >= 0.6 is 0 Å². The molecule has 25 heavy (non-hydrogen) atoms. The van der Waals surface area contributed by atoms with E-state index in [1.165, 1.54) is 5.56 Å². The van der Waals surface area contributed by atoms with Gasteiger partial charge in [0, 0.05) is 42.8 Å². The van der Waals surface area contributed by atoms with Crippen molar-refractivity contribution in [3.8, 4) is 11.4 Å². The highest BCUT2D eigenvalue weighted by molar-refractivity contribution is 5.77. The Morgan fingerprint density at radius 2 is 1.80 bits per heavy atom. The normalized spacial score (nSPS) is 18.8. The Kier molecular flexibility index (Phi) is 3.92. The van der Waals surface area contributed by atoms with Crippen molar-refractivity contribution in [2.45, 2.75) is 37.7 Å². The minimum absolute atomic E-state index is 0.210. The average molecular weight is 339 g/mol. The van der Waals surface area contributed by atoms with Gasteiger partial charge in [0.15, 0.2) is 11.4 Å². The van der Waals surface area contributed by atoms with Crippen molar-refractivity contribution >= 4 is 11.8 Å². The van der Waals surface area contributed by atoms with Crippen LogP contribution in [-0.4, -0.2) is 44.8 Å². The van der Waals surface area contributed by atoms with Gasteiger partial charge in [0.25, 0.3) is 0 Å². The van der Waals surface area contributed by atoms with Gasteiger partial charge in [-0.15, -0.1) is 0 Å². The maximum absolute atomic E-state index is 11.3. The second kappa shape index (κ2) is 6.11. The van der Waals surface area contributed by atoms with Gasteiger partial charge in [-0.2, -0.15) is 0 Å². The van der Waals surface area contributed by atoms with E-state index < -0.39 is 11.6 Å². The number of benzene rings is 1. The molecule has 0 amide bonds.